The summed E-state index contributed by atoms with van der Waals surface area (Å²) in [6.45, 7) is 0.0626. The number of carbonyl (C=O) groups is 1. The maximum Gasteiger partial charge on any atom is 0.407 e. The Kier molecular flexibility index (Phi) is 6.26. The fraction of sp³-hybridized carbons (Fsp3) is 0.150. The maximum atomic E-state index is 13.0. The number of rotatable bonds is 7. The quantitative estimate of drug-likeness (QED) is 0.644. The molecule has 0 radical (unpaired) electrons. The van der Waals surface area contributed by atoms with Gasteiger partial charge in [0.05, 0.1) is 4.90 Å². The van der Waals surface area contributed by atoms with Crippen LogP contribution in [-0.2, 0) is 21.2 Å². The Hall–Kier alpha value is -2.64. The molecule has 1 atom stereocenters. The van der Waals surface area contributed by atoms with Gasteiger partial charge < -0.3 is 10.1 Å². The van der Waals surface area contributed by atoms with Crippen molar-refractivity contribution in [2.45, 2.75) is 16.8 Å². The average Bonchev–Trinajstić information content (AvgIpc) is 3.22. The Balaban J connectivity index is 1.69. The number of nitrogens with one attached hydrogen (secondary N) is 1. The second-order valence-electron chi connectivity index (χ2n) is 5.80. The van der Waals surface area contributed by atoms with Crippen LogP contribution in [0.15, 0.2) is 83.1 Å². The largest absolute Gasteiger partial charge is 0.445 e. The van der Waals surface area contributed by atoms with Crippen LogP contribution in [0, 0.1) is 0 Å². The zero-order valence-corrected chi connectivity index (χ0v) is 16.1. The lowest BCUT2D eigenvalue weighted by Gasteiger charge is -2.17. The molecule has 1 N–H and O–H groups in total. The Labute approximate surface area is 162 Å². The zero-order valence-electron chi connectivity index (χ0n) is 14.4. The molecule has 0 aliphatic carbocycles. The van der Waals surface area contributed by atoms with Crippen LogP contribution in [0.3, 0.4) is 0 Å². The van der Waals surface area contributed by atoms with Gasteiger partial charge in [-0.05, 0) is 29.1 Å². The summed E-state index contributed by atoms with van der Waals surface area (Å²) in [5.74, 6) is 0. The van der Waals surface area contributed by atoms with Crippen LogP contribution in [0.5, 0.6) is 0 Å². The summed E-state index contributed by atoms with van der Waals surface area (Å²) in [5, 5.41) is 3.53. The lowest BCUT2D eigenvalue weighted by atomic mass is 10.2. The number of benzene rings is 2. The van der Waals surface area contributed by atoms with E-state index in [1.807, 2.05) is 35.7 Å². The monoisotopic (exact) mass is 401 g/mol. The molecule has 0 unspecified atom stereocenters. The van der Waals surface area contributed by atoms with E-state index in [-0.39, 0.29) is 18.0 Å². The third kappa shape index (κ3) is 4.96. The van der Waals surface area contributed by atoms with E-state index in [0.717, 1.165) is 5.56 Å². The van der Waals surface area contributed by atoms with Crippen LogP contribution in [0.1, 0.15) is 15.7 Å². The van der Waals surface area contributed by atoms with Crippen molar-refractivity contribution in [2.24, 2.45) is 0 Å². The van der Waals surface area contributed by atoms with Gasteiger partial charge in [-0.2, -0.15) is 0 Å². The molecule has 0 bridgehead atoms. The van der Waals surface area contributed by atoms with Crippen molar-refractivity contribution < 1.29 is 17.9 Å². The second-order valence-corrected chi connectivity index (χ2v) is 8.91. The van der Waals surface area contributed by atoms with Crippen molar-refractivity contribution in [3.63, 3.8) is 0 Å². The predicted molar refractivity (Wildman–Crippen MR) is 105 cm³/mol. The number of carbonyl (C=O) groups excluding carboxylic acids is 1. The number of hydrogen-bond acceptors (Lipinski definition) is 5. The molecule has 0 saturated carbocycles. The van der Waals surface area contributed by atoms with E-state index in [4.69, 9.17) is 4.74 Å². The summed E-state index contributed by atoms with van der Waals surface area (Å²) in [4.78, 5) is 12.9. The second kappa shape index (κ2) is 8.83. The van der Waals surface area contributed by atoms with Gasteiger partial charge >= 0.3 is 6.09 Å². The first-order valence-electron chi connectivity index (χ1n) is 8.34. The minimum Gasteiger partial charge on any atom is -0.445 e. The topological polar surface area (TPSA) is 72.5 Å². The fourth-order valence-corrected chi connectivity index (χ4v) is 5.37. The van der Waals surface area contributed by atoms with Crippen molar-refractivity contribution in [1.29, 1.82) is 0 Å². The zero-order chi connectivity index (χ0) is 19.1. The molecule has 1 heterocycles. The first kappa shape index (κ1) is 19.1. The van der Waals surface area contributed by atoms with E-state index in [0.29, 0.717) is 4.88 Å². The van der Waals surface area contributed by atoms with Gasteiger partial charge in [0.15, 0.2) is 9.84 Å². The molecule has 27 heavy (non-hydrogen) atoms. The molecule has 1 amide bonds. The molecule has 7 heteroatoms. The Bertz CT molecular complexity index is 956. The van der Waals surface area contributed by atoms with Crippen molar-refractivity contribution in [2.75, 3.05) is 6.54 Å². The van der Waals surface area contributed by atoms with Gasteiger partial charge in [0.25, 0.3) is 0 Å². The molecular formula is C20H19NO4S2. The molecule has 0 aliphatic rings. The molecule has 0 spiro atoms. The maximum absolute atomic E-state index is 13.0. The Morgan fingerprint density at radius 1 is 0.963 bits per heavy atom. The summed E-state index contributed by atoms with van der Waals surface area (Å²) in [6, 6.07) is 21.1. The lowest BCUT2D eigenvalue weighted by Crippen LogP contribution is -2.32. The lowest BCUT2D eigenvalue weighted by molar-refractivity contribution is 0.139. The summed E-state index contributed by atoms with van der Waals surface area (Å²) in [7, 11) is -3.65. The molecule has 3 rings (SSSR count). The number of sulfone groups is 1. The molecule has 0 saturated heterocycles. The first-order chi connectivity index (χ1) is 13.1. The van der Waals surface area contributed by atoms with Crippen LogP contribution >= 0.6 is 11.3 Å². The van der Waals surface area contributed by atoms with E-state index >= 15 is 0 Å². The van der Waals surface area contributed by atoms with E-state index < -0.39 is 21.2 Å². The number of amides is 1. The first-order valence-corrected chi connectivity index (χ1v) is 10.8. The standard InChI is InChI=1S/C20H19NO4S2/c22-20(25-15-16-8-3-1-4-9-16)21-14-19(18-12-7-13-26-18)27(23,24)17-10-5-2-6-11-17/h1-13,19H,14-15H2,(H,21,22)/t19-/m0/s1. The number of ether oxygens (including phenoxy) is 1. The smallest absolute Gasteiger partial charge is 0.407 e. The van der Waals surface area contributed by atoms with Gasteiger partial charge in [-0.25, -0.2) is 13.2 Å². The van der Waals surface area contributed by atoms with Crippen LogP contribution in [0.25, 0.3) is 0 Å². The Morgan fingerprint density at radius 3 is 2.26 bits per heavy atom. The molecule has 0 fully saturated rings. The number of alkyl carbamates (subject to hydrolysis) is 1. The fourth-order valence-electron chi connectivity index (χ4n) is 2.56. The Morgan fingerprint density at radius 2 is 1.63 bits per heavy atom. The van der Waals surface area contributed by atoms with Crippen molar-refractivity contribution in [1.82, 2.24) is 5.32 Å². The number of thiophene rings is 1. The highest BCUT2D eigenvalue weighted by molar-refractivity contribution is 7.91. The van der Waals surface area contributed by atoms with E-state index in [1.54, 1.807) is 42.5 Å². The molecule has 2 aromatic carbocycles. The minimum absolute atomic E-state index is 0.0641. The van der Waals surface area contributed by atoms with Gasteiger partial charge in [0.2, 0.25) is 0 Å². The van der Waals surface area contributed by atoms with Crippen molar-refractivity contribution in [3.8, 4) is 0 Å². The average molecular weight is 402 g/mol. The summed E-state index contributed by atoms with van der Waals surface area (Å²) in [6.07, 6.45) is -0.649. The highest BCUT2D eigenvalue weighted by Gasteiger charge is 2.30. The molecule has 5 nitrogen and oxygen atoms in total. The van der Waals surface area contributed by atoms with E-state index in [2.05, 4.69) is 5.32 Å². The normalized spacial score (nSPS) is 12.3. The molecule has 3 aromatic rings. The van der Waals surface area contributed by atoms with Crippen molar-refractivity contribution >= 4 is 27.3 Å². The van der Waals surface area contributed by atoms with Gasteiger partial charge in [-0.15, -0.1) is 11.3 Å². The van der Waals surface area contributed by atoms with Gasteiger partial charge in [-0.3, -0.25) is 0 Å². The van der Waals surface area contributed by atoms with Gasteiger partial charge in [0, 0.05) is 11.4 Å². The highest BCUT2D eigenvalue weighted by atomic mass is 32.2. The third-order valence-electron chi connectivity index (χ3n) is 3.95. The van der Waals surface area contributed by atoms with Crippen molar-refractivity contribution in [3.05, 3.63) is 88.6 Å². The van der Waals surface area contributed by atoms with Gasteiger partial charge in [-0.1, -0.05) is 54.6 Å². The van der Waals surface area contributed by atoms with Crippen LogP contribution in [0.2, 0.25) is 0 Å². The summed E-state index contributed by atoms with van der Waals surface area (Å²) >= 11 is 1.34. The summed E-state index contributed by atoms with van der Waals surface area (Å²) < 4.78 is 31.2. The SMILES string of the molecule is O=C(NC[C@@H](c1cccs1)S(=O)(=O)c1ccccc1)OCc1ccccc1. The summed E-state index contributed by atoms with van der Waals surface area (Å²) in [5.41, 5.74) is 0.861. The van der Waals surface area contributed by atoms with Crippen LogP contribution in [-0.4, -0.2) is 21.1 Å². The third-order valence-corrected chi connectivity index (χ3v) is 7.19. The van der Waals surface area contributed by atoms with Crippen LogP contribution in [0.4, 0.5) is 4.79 Å². The molecule has 0 aliphatic heterocycles. The van der Waals surface area contributed by atoms with Crippen LogP contribution < -0.4 is 5.32 Å². The molecule has 1 aromatic heterocycles. The number of hydrogen-bond donors (Lipinski definition) is 1. The molecular weight excluding hydrogens is 382 g/mol. The van der Waals surface area contributed by atoms with E-state index in [9.17, 15) is 13.2 Å². The minimum atomic E-state index is -3.65. The predicted octanol–water partition coefficient (Wildman–Crippen LogP) is 4.19. The highest BCUT2D eigenvalue weighted by Crippen LogP contribution is 2.31. The van der Waals surface area contributed by atoms with E-state index in [1.165, 1.54) is 11.3 Å². The van der Waals surface area contributed by atoms with Gasteiger partial charge in [0.1, 0.15) is 11.9 Å². The molecule has 140 valence electrons.